The highest BCUT2D eigenvalue weighted by Gasteiger charge is 2.43. The van der Waals surface area contributed by atoms with Crippen LogP contribution in [0.25, 0.3) is 0 Å². The van der Waals surface area contributed by atoms with Crippen molar-refractivity contribution in [2.24, 2.45) is 5.92 Å². The molecule has 3 aliphatic rings. The van der Waals surface area contributed by atoms with Crippen LogP contribution >= 0.6 is 0 Å². The van der Waals surface area contributed by atoms with Gasteiger partial charge in [-0.3, -0.25) is 26.2 Å². The number of hydrogen-bond acceptors (Lipinski definition) is 8. The Balaban J connectivity index is 1.58. The number of nitrogens with one attached hydrogen (secondary N) is 4. The summed E-state index contributed by atoms with van der Waals surface area (Å²) >= 11 is 0. The molecule has 6 unspecified atom stereocenters. The summed E-state index contributed by atoms with van der Waals surface area (Å²) < 4.78 is 72.6. The molecule has 3 fully saturated rings. The summed E-state index contributed by atoms with van der Waals surface area (Å²) in [4.78, 5) is 2.07. The van der Waals surface area contributed by atoms with Crippen LogP contribution in [0.1, 0.15) is 32.6 Å². The van der Waals surface area contributed by atoms with Crippen LogP contribution in [0.4, 0.5) is 13.2 Å². The molecule has 6 atom stereocenters. The molecular weight excluding hydrogens is 451 g/mol. The van der Waals surface area contributed by atoms with Crippen LogP contribution < -0.4 is 21.3 Å². The van der Waals surface area contributed by atoms with Crippen LogP contribution in [0.3, 0.4) is 0 Å². The molecule has 188 valence electrons. The Hall–Kier alpha value is -0.420. The number of alkyl halides is 3. The first-order chi connectivity index (χ1) is 15.0. The van der Waals surface area contributed by atoms with Crippen molar-refractivity contribution in [3.63, 3.8) is 0 Å². The van der Waals surface area contributed by atoms with Crippen molar-refractivity contribution in [1.82, 2.24) is 34.8 Å². The molecule has 3 rings (SSSR count). The first-order valence-electron chi connectivity index (χ1n) is 11.1. The van der Waals surface area contributed by atoms with Crippen molar-refractivity contribution in [2.75, 3.05) is 46.9 Å². The number of nitrogens with zero attached hydrogens (tertiary/aromatic N) is 3. The Morgan fingerprint density at radius 3 is 2.44 bits per heavy atom. The van der Waals surface area contributed by atoms with Gasteiger partial charge < -0.3 is 9.29 Å². The Morgan fingerprint density at radius 1 is 1.16 bits per heavy atom. The number of ether oxygens (including phenoxy) is 1. The lowest BCUT2D eigenvalue weighted by atomic mass is 9.85. The number of piperazine rings is 1. The van der Waals surface area contributed by atoms with Crippen LogP contribution in [0, 0.1) is 5.92 Å². The molecule has 2 aliphatic heterocycles. The van der Waals surface area contributed by atoms with Gasteiger partial charge >= 0.3 is 6.18 Å². The SMILES string of the molecule is CCOC1NC(NC2CCCC(C(F)(F)F)C2)NC(N2CCN([S+](=O)([O-])N(C)C)CC2)N1. The largest absolute Gasteiger partial charge is 0.580 e. The van der Waals surface area contributed by atoms with Crippen LogP contribution in [0.5, 0.6) is 0 Å². The second kappa shape index (κ2) is 10.9. The summed E-state index contributed by atoms with van der Waals surface area (Å²) in [5.41, 5.74) is 0. The van der Waals surface area contributed by atoms with E-state index in [1.165, 1.54) is 22.7 Å². The molecule has 2 heterocycles. The topological polar surface area (TPSA) is 107 Å². The van der Waals surface area contributed by atoms with Gasteiger partial charge in [0.15, 0.2) is 6.35 Å². The van der Waals surface area contributed by atoms with Crippen LogP contribution in [0.15, 0.2) is 0 Å². The van der Waals surface area contributed by atoms with Crippen molar-refractivity contribution in [3.8, 4) is 0 Å². The van der Waals surface area contributed by atoms with Crippen molar-refractivity contribution >= 4 is 10.6 Å². The normalized spacial score (nSPS) is 35.7. The third-order valence-electron chi connectivity index (χ3n) is 6.25. The van der Waals surface area contributed by atoms with Gasteiger partial charge in [-0.05, 0) is 26.2 Å². The van der Waals surface area contributed by atoms with Crippen molar-refractivity contribution in [1.29, 1.82) is 0 Å². The molecule has 32 heavy (non-hydrogen) atoms. The Morgan fingerprint density at radius 2 is 1.84 bits per heavy atom. The molecule has 1 aliphatic carbocycles. The molecule has 0 bridgehead atoms. The fraction of sp³-hybridized carbons (Fsp3) is 1.00. The molecule has 0 spiro atoms. The van der Waals surface area contributed by atoms with Gasteiger partial charge in [0.25, 0.3) is 0 Å². The molecule has 14 heteroatoms. The highest BCUT2D eigenvalue weighted by Crippen LogP contribution is 2.37. The summed E-state index contributed by atoms with van der Waals surface area (Å²) in [5, 5.41) is 13.1. The molecule has 2 saturated heterocycles. The summed E-state index contributed by atoms with van der Waals surface area (Å²) in [6.45, 7) is 4.02. The van der Waals surface area contributed by atoms with Gasteiger partial charge in [-0.2, -0.15) is 13.2 Å². The third kappa shape index (κ3) is 6.58. The number of halogens is 3. The molecular formula is C18H36F3N7O3S. The van der Waals surface area contributed by atoms with Crippen LogP contribution in [-0.2, 0) is 19.5 Å². The molecule has 4 N–H and O–H groups in total. The van der Waals surface area contributed by atoms with E-state index in [0.29, 0.717) is 45.6 Å². The summed E-state index contributed by atoms with van der Waals surface area (Å²) in [5.74, 6) is -1.28. The average Bonchev–Trinajstić information content (AvgIpc) is 2.73. The van der Waals surface area contributed by atoms with E-state index >= 15 is 0 Å². The van der Waals surface area contributed by atoms with Crippen molar-refractivity contribution in [2.45, 2.75) is 63.8 Å². The van der Waals surface area contributed by atoms with Crippen LogP contribution in [-0.4, -0.2) is 96.1 Å². The predicted octanol–water partition coefficient (Wildman–Crippen LogP) is 0.00590. The quantitative estimate of drug-likeness (QED) is 0.372. The van der Waals surface area contributed by atoms with Gasteiger partial charge in [-0.25, -0.2) is 0 Å². The lowest BCUT2D eigenvalue weighted by Crippen LogP contribution is -2.77. The minimum absolute atomic E-state index is 0.0574. The summed E-state index contributed by atoms with van der Waals surface area (Å²) in [7, 11) is -0.445. The maximum atomic E-state index is 13.2. The first-order valence-corrected chi connectivity index (χ1v) is 12.5. The molecule has 0 radical (unpaired) electrons. The Kier molecular flexibility index (Phi) is 8.91. The lowest BCUT2D eigenvalue weighted by molar-refractivity contribution is -0.184. The fourth-order valence-corrected chi connectivity index (χ4v) is 5.55. The number of rotatable bonds is 7. The average molecular weight is 488 g/mol. The molecule has 10 nitrogen and oxygen atoms in total. The Bertz CT molecular complexity index is 652. The second-order valence-electron chi connectivity index (χ2n) is 8.66. The van der Waals surface area contributed by atoms with Crippen molar-refractivity contribution in [3.05, 3.63) is 0 Å². The van der Waals surface area contributed by atoms with Gasteiger partial charge in [0.05, 0.1) is 19.0 Å². The summed E-state index contributed by atoms with van der Waals surface area (Å²) in [6.07, 6.45) is -3.97. The van der Waals surface area contributed by atoms with E-state index in [9.17, 15) is 21.9 Å². The summed E-state index contributed by atoms with van der Waals surface area (Å²) in [6, 6.07) is -0.261. The minimum Gasteiger partial charge on any atom is -0.580 e. The van der Waals surface area contributed by atoms with Gasteiger partial charge in [0.1, 0.15) is 12.6 Å². The molecule has 0 aromatic carbocycles. The predicted molar refractivity (Wildman–Crippen MR) is 113 cm³/mol. The van der Waals surface area contributed by atoms with E-state index in [-0.39, 0.29) is 25.2 Å². The van der Waals surface area contributed by atoms with Crippen LogP contribution in [0.2, 0.25) is 0 Å². The number of hydrogen-bond donors (Lipinski definition) is 4. The van der Waals surface area contributed by atoms with Gasteiger partial charge in [-0.15, -0.1) is 8.61 Å². The van der Waals surface area contributed by atoms with E-state index in [4.69, 9.17) is 4.74 Å². The van der Waals surface area contributed by atoms with E-state index in [1.54, 1.807) is 0 Å². The lowest BCUT2D eigenvalue weighted by Gasteiger charge is -2.47. The second-order valence-corrected chi connectivity index (χ2v) is 10.8. The van der Waals surface area contributed by atoms with Crippen molar-refractivity contribution < 1.29 is 26.7 Å². The Labute approximate surface area is 189 Å². The van der Waals surface area contributed by atoms with Gasteiger partial charge in [0, 0.05) is 39.8 Å². The first kappa shape index (κ1) is 26.2. The maximum Gasteiger partial charge on any atom is 0.391 e. The standard InChI is InChI=1S/C18H36F3N7O3S/c1-4-31-17-24-15(22-14-7-5-6-13(12-14)18(19,20)21)23-16(25-17)27-8-10-28(11-9-27)32(29,30)26(2)3/h13-17,22-25H,4-12H2,1-3H3. The molecule has 1 saturated carbocycles. The third-order valence-corrected chi connectivity index (χ3v) is 8.19. The monoisotopic (exact) mass is 487 g/mol. The molecule has 0 amide bonds. The molecule has 0 aromatic rings. The van der Waals surface area contributed by atoms with E-state index < -0.39 is 35.3 Å². The molecule has 0 aromatic heterocycles. The fourth-order valence-electron chi connectivity index (χ4n) is 4.46. The van der Waals surface area contributed by atoms with E-state index in [2.05, 4.69) is 26.2 Å². The van der Waals surface area contributed by atoms with Gasteiger partial charge in [-0.1, -0.05) is 10.6 Å². The van der Waals surface area contributed by atoms with E-state index in [1.807, 2.05) is 6.92 Å². The zero-order chi connectivity index (χ0) is 23.5. The maximum absolute atomic E-state index is 13.2. The minimum atomic E-state index is -4.17. The zero-order valence-corrected chi connectivity index (χ0v) is 19.7. The van der Waals surface area contributed by atoms with E-state index in [0.717, 1.165) is 0 Å². The smallest absolute Gasteiger partial charge is 0.391 e. The van der Waals surface area contributed by atoms with Gasteiger partial charge in [0.2, 0.25) is 10.6 Å². The highest BCUT2D eigenvalue weighted by molar-refractivity contribution is 7.93. The highest BCUT2D eigenvalue weighted by atomic mass is 32.3. The zero-order valence-electron chi connectivity index (χ0n) is 18.9.